The van der Waals surface area contributed by atoms with Gasteiger partial charge in [0.1, 0.15) is 6.04 Å². The minimum absolute atomic E-state index is 0.0199. The van der Waals surface area contributed by atoms with Crippen LogP contribution in [-0.4, -0.2) is 54.6 Å². The molecule has 1 heterocycles. The van der Waals surface area contributed by atoms with Crippen LogP contribution < -0.4 is 11.1 Å². The van der Waals surface area contributed by atoms with Crippen LogP contribution in [0.15, 0.2) is 0 Å². The highest BCUT2D eigenvalue weighted by Gasteiger charge is 2.37. The summed E-state index contributed by atoms with van der Waals surface area (Å²) in [6.45, 7) is 4.24. The quantitative estimate of drug-likeness (QED) is 0.787. The van der Waals surface area contributed by atoms with Crippen LogP contribution in [0.25, 0.3) is 0 Å². The van der Waals surface area contributed by atoms with E-state index in [1.54, 1.807) is 4.90 Å². The Bertz CT molecular complexity index is 374. The van der Waals surface area contributed by atoms with E-state index in [4.69, 9.17) is 10.5 Å². The van der Waals surface area contributed by atoms with Gasteiger partial charge in [-0.1, -0.05) is 26.2 Å². The molecule has 2 rings (SSSR count). The van der Waals surface area contributed by atoms with Crippen molar-refractivity contribution in [2.24, 2.45) is 5.73 Å². The van der Waals surface area contributed by atoms with Gasteiger partial charge in [-0.25, -0.2) is 0 Å². The average molecular weight is 297 g/mol. The number of nitrogens with one attached hydrogen (secondary N) is 1. The third-order valence-corrected chi connectivity index (χ3v) is 4.53. The van der Waals surface area contributed by atoms with Gasteiger partial charge in [0.2, 0.25) is 11.8 Å². The third-order valence-electron chi connectivity index (χ3n) is 4.53. The van der Waals surface area contributed by atoms with Crippen LogP contribution in [-0.2, 0) is 14.3 Å². The van der Waals surface area contributed by atoms with E-state index in [2.05, 4.69) is 5.32 Å². The maximum absolute atomic E-state index is 12.5. The fourth-order valence-electron chi connectivity index (χ4n) is 3.05. The zero-order valence-electron chi connectivity index (χ0n) is 12.9. The van der Waals surface area contributed by atoms with Gasteiger partial charge < -0.3 is 20.7 Å². The summed E-state index contributed by atoms with van der Waals surface area (Å²) in [5, 5.41) is 2.88. The lowest BCUT2D eigenvalue weighted by atomic mass is 9.81. The van der Waals surface area contributed by atoms with Gasteiger partial charge in [-0.05, 0) is 19.3 Å². The topological polar surface area (TPSA) is 84.7 Å². The second-order valence-electron chi connectivity index (χ2n) is 6.09. The number of carbonyl (C=O) groups excluding carboxylic acids is 2. The molecule has 6 heteroatoms. The van der Waals surface area contributed by atoms with Crippen LogP contribution in [0.3, 0.4) is 0 Å². The Morgan fingerprint density at radius 1 is 1.24 bits per heavy atom. The van der Waals surface area contributed by atoms with Crippen molar-refractivity contribution < 1.29 is 14.3 Å². The molecule has 1 aliphatic carbocycles. The van der Waals surface area contributed by atoms with E-state index in [0.29, 0.717) is 45.6 Å². The van der Waals surface area contributed by atoms with E-state index in [9.17, 15) is 9.59 Å². The number of rotatable bonds is 4. The number of nitrogens with two attached hydrogens (primary N) is 1. The van der Waals surface area contributed by atoms with Crippen LogP contribution in [0.1, 0.15) is 45.4 Å². The lowest BCUT2D eigenvalue weighted by molar-refractivity contribution is -0.141. The Morgan fingerprint density at radius 3 is 2.43 bits per heavy atom. The van der Waals surface area contributed by atoms with Crippen LogP contribution in [0.4, 0.5) is 0 Å². The molecule has 6 nitrogen and oxygen atoms in total. The summed E-state index contributed by atoms with van der Waals surface area (Å²) < 4.78 is 5.25. The number of hydrogen-bond acceptors (Lipinski definition) is 4. The number of nitrogens with zero attached hydrogens (tertiary/aromatic N) is 1. The molecule has 2 fully saturated rings. The van der Waals surface area contributed by atoms with Gasteiger partial charge in [0.05, 0.1) is 18.8 Å². The van der Waals surface area contributed by atoms with Gasteiger partial charge in [-0.3, -0.25) is 9.59 Å². The van der Waals surface area contributed by atoms with E-state index in [0.717, 1.165) is 19.3 Å². The Hall–Kier alpha value is -1.14. The Labute approximate surface area is 126 Å². The maximum Gasteiger partial charge on any atom is 0.245 e. The van der Waals surface area contributed by atoms with Gasteiger partial charge in [0, 0.05) is 13.1 Å². The number of morpholine rings is 1. The number of carbonyl (C=O) groups is 2. The van der Waals surface area contributed by atoms with Gasteiger partial charge in [-0.15, -0.1) is 0 Å². The van der Waals surface area contributed by atoms with E-state index < -0.39 is 11.6 Å². The molecule has 0 spiro atoms. The zero-order valence-corrected chi connectivity index (χ0v) is 12.9. The summed E-state index contributed by atoms with van der Waals surface area (Å²) in [6.07, 6.45) is 5.10. The fourth-order valence-corrected chi connectivity index (χ4v) is 3.05. The second-order valence-corrected chi connectivity index (χ2v) is 6.09. The second kappa shape index (κ2) is 7.22. The van der Waals surface area contributed by atoms with Gasteiger partial charge in [0.15, 0.2) is 0 Å². The van der Waals surface area contributed by atoms with Crippen molar-refractivity contribution >= 4 is 11.8 Å². The van der Waals surface area contributed by atoms with Gasteiger partial charge in [-0.2, -0.15) is 0 Å². The van der Waals surface area contributed by atoms with Crippen LogP contribution in [0, 0.1) is 0 Å². The number of hydrogen-bond donors (Lipinski definition) is 2. The molecule has 120 valence electrons. The summed E-state index contributed by atoms with van der Waals surface area (Å²) in [7, 11) is 0. The predicted octanol–water partition coefficient (Wildman–Crippen LogP) is 0.402. The van der Waals surface area contributed by atoms with Crippen molar-refractivity contribution in [3.05, 3.63) is 0 Å². The summed E-state index contributed by atoms with van der Waals surface area (Å²) in [6, 6.07) is -0.474. The Kier molecular flexibility index (Phi) is 5.58. The SMILES string of the molecule is CCC(NC(=O)C1(N)CCCCC1)C(=O)N1CCOCC1. The van der Waals surface area contributed by atoms with Crippen molar-refractivity contribution in [2.45, 2.75) is 57.0 Å². The predicted molar refractivity (Wildman–Crippen MR) is 79.6 cm³/mol. The smallest absolute Gasteiger partial charge is 0.245 e. The molecule has 0 aromatic heterocycles. The standard InChI is InChI=1S/C15H27N3O3/c1-2-12(13(19)18-8-10-21-11-9-18)17-14(20)15(16)6-4-3-5-7-15/h12H,2-11,16H2,1H3,(H,17,20). The monoisotopic (exact) mass is 297 g/mol. The van der Waals surface area contributed by atoms with Gasteiger partial charge >= 0.3 is 0 Å². The summed E-state index contributed by atoms with van der Waals surface area (Å²) in [5.41, 5.74) is 5.43. The molecule has 0 bridgehead atoms. The molecule has 1 unspecified atom stereocenters. The van der Waals surface area contributed by atoms with E-state index in [1.165, 1.54) is 0 Å². The molecule has 0 aromatic rings. The third kappa shape index (κ3) is 3.95. The van der Waals surface area contributed by atoms with E-state index in [1.807, 2.05) is 6.92 Å². The normalized spacial score (nSPS) is 23.4. The Morgan fingerprint density at radius 2 is 1.86 bits per heavy atom. The molecule has 3 N–H and O–H groups in total. The molecule has 21 heavy (non-hydrogen) atoms. The molecular weight excluding hydrogens is 270 g/mol. The molecule has 1 aliphatic heterocycles. The first kappa shape index (κ1) is 16.2. The van der Waals surface area contributed by atoms with Crippen LogP contribution in [0.5, 0.6) is 0 Å². The largest absolute Gasteiger partial charge is 0.378 e. The minimum atomic E-state index is -0.795. The first-order valence-corrected chi connectivity index (χ1v) is 8.03. The Balaban J connectivity index is 1.94. The van der Waals surface area contributed by atoms with Crippen molar-refractivity contribution in [1.82, 2.24) is 10.2 Å². The number of amides is 2. The van der Waals surface area contributed by atoms with Crippen molar-refractivity contribution in [3.8, 4) is 0 Å². The van der Waals surface area contributed by atoms with Crippen LogP contribution in [0.2, 0.25) is 0 Å². The summed E-state index contributed by atoms with van der Waals surface area (Å²) in [4.78, 5) is 26.7. The van der Waals surface area contributed by atoms with Crippen molar-refractivity contribution in [1.29, 1.82) is 0 Å². The molecule has 0 radical (unpaired) electrons. The minimum Gasteiger partial charge on any atom is -0.378 e. The maximum atomic E-state index is 12.5. The zero-order chi connectivity index (χ0) is 15.3. The average Bonchev–Trinajstić information content (AvgIpc) is 2.53. The molecule has 1 atom stereocenters. The first-order valence-electron chi connectivity index (χ1n) is 8.03. The summed E-state index contributed by atoms with van der Waals surface area (Å²) >= 11 is 0. The van der Waals surface area contributed by atoms with Crippen molar-refractivity contribution in [3.63, 3.8) is 0 Å². The van der Waals surface area contributed by atoms with E-state index >= 15 is 0 Å². The molecule has 0 aromatic carbocycles. The highest BCUT2D eigenvalue weighted by atomic mass is 16.5. The lowest BCUT2D eigenvalue weighted by Gasteiger charge is -2.35. The van der Waals surface area contributed by atoms with Crippen LogP contribution >= 0.6 is 0 Å². The fraction of sp³-hybridized carbons (Fsp3) is 0.867. The van der Waals surface area contributed by atoms with E-state index in [-0.39, 0.29) is 11.8 Å². The lowest BCUT2D eigenvalue weighted by Crippen LogP contribution is -2.60. The molecule has 1 saturated carbocycles. The molecular formula is C15H27N3O3. The first-order chi connectivity index (χ1) is 10.1. The van der Waals surface area contributed by atoms with Crippen molar-refractivity contribution in [2.75, 3.05) is 26.3 Å². The molecule has 1 saturated heterocycles. The van der Waals surface area contributed by atoms with Gasteiger partial charge in [0.25, 0.3) is 0 Å². The molecule has 2 amide bonds. The highest BCUT2D eigenvalue weighted by molar-refractivity contribution is 5.92. The number of ether oxygens (including phenoxy) is 1. The highest BCUT2D eigenvalue weighted by Crippen LogP contribution is 2.26. The molecule has 2 aliphatic rings. The summed E-state index contributed by atoms with van der Waals surface area (Å²) in [5.74, 6) is -0.191.